The molecule has 0 radical (unpaired) electrons. The highest BCUT2D eigenvalue weighted by molar-refractivity contribution is 5.31. The van der Waals surface area contributed by atoms with Gasteiger partial charge in [-0.25, -0.2) is 9.97 Å². The van der Waals surface area contributed by atoms with Crippen molar-refractivity contribution in [2.45, 2.75) is 58.0 Å². The standard InChI is InChI=1S/C14H24N4/c1-11(15)8-13-9-16-14(17-10-13)18-7-5-3-4-6-12(18)2/h9-12H,3-8,15H2,1-2H3. The average Bonchev–Trinajstić information content (AvgIpc) is 2.54. The van der Waals surface area contributed by atoms with Crippen LogP contribution in [0.4, 0.5) is 5.95 Å². The van der Waals surface area contributed by atoms with Crippen LogP contribution in [0, 0.1) is 0 Å². The van der Waals surface area contributed by atoms with Gasteiger partial charge in [-0.3, -0.25) is 0 Å². The lowest BCUT2D eigenvalue weighted by Crippen LogP contribution is -2.34. The number of nitrogens with two attached hydrogens (primary N) is 1. The van der Waals surface area contributed by atoms with Crippen LogP contribution in [0.2, 0.25) is 0 Å². The molecule has 100 valence electrons. The van der Waals surface area contributed by atoms with Gasteiger partial charge in [-0.15, -0.1) is 0 Å². The Balaban J connectivity index is 2.07. The van der Waals surface area contributed by atoms with Crippen molar-refractivity contribution < 1.29 is 0 Å². The molecule has 0 aliphatic carbocycles. The first-order valence-corrected chi connectivity index (χ1v) is 7.00. The van der Waals surface area contributed by atoms with Crippen LogP contribution in [0.5, 0.6) is 0 Å². The first kappa shape index (κ1) is 13.3. The van der Waals surface area contributed by atoms with E-state index in [-0.39, 0.29) is 6.04 Å². The predicted octanol–water partition coefficient (Wildman–Crippen LogP) is 2.14. The van der Waals surface area contributed by atoms with E-state index in [0.717, 1.165) is 24.5 Å². The number of aromatic nitrogens is 2. The Morgan fingerprint density at radius 3 is 2.72 bits per heavy atom. The minimum absolute atomic E-state index is 0.163. The maximum absolute atomic E-state index is 5.78. The van der Waals surface area contributed by atoms with Crippen LogP contribution < -0.4 is 10.6 Å². The molecule has 0 bridgehead atoms. The fourth-order valence-electron chi connectivity index (χ4n) is 2.55. The van der Waals surface area contributed by atoms with Gasteiger partial charge < -0.3 is 10.6 Å². The predicted molar refractivity (Wildman–Crippen MR) is 74.7 cm³/mol. The maximum Gasteiger partial charge on any atom is 0.225 e. The zero-order valence-electron chi connectivity index (χ0n) is 11.5. The summed E-state index contributed by atoms with van der Waals surface area (Å²) in [6, 6.07) is 0.711. The van der Waals surface area contributed by atoms with E-state index in [1.807, 2.05) is 19.3 Å². The largest absolute Gasteiger partial charge is 0.338 e. The monoisotopic (exact) mass is 248 g/mol. The zero-order valence-corrected chi connectivity index (χ0v) is 11.5. The molecule has 4 nitrogen and oxygen atoms in total. The lowest BCUT2D eigenvalue weighted by molar-refractivity contribution is 0.604. The molecule has 2 rings (SSSR count). The van der Waals surface area contributed by atoms with Gasteiger partial charge in [0.15, 0.2) is 0 Å². The molecular formula is C14H24N4. The average molecular weight is 248 g/mol. The van der Waals surface area contributed by atoms with Gasteiger partial charge in [0.25, 0.3) is 0 Å². The molecule has 1 aliphatic rings. The quantitative estimate of drug-likeness (QED) is 0.890. The van der Waals surface area contributed by atoms with Crippen molar-refractivity contribution in [2.24, 2.45) is 5.73 Å². The molecule has 1 fully saturated rings. The number of nitrogens with zero attached hydrogens (tertiary/aromatic N) is 3. The molecule has 1 aliphatic heterocycles. The third-order valence-electron chi connectivity index (χ3n) is 3.56. The van der Waals surface area contributed by atoms with Gasteiger partial charge in [0.05, 0.1) is 0 Å². The van der Waals surface area contributed by atoms with Crippen LogP contribution >= 0.6 is 0 Å². The SMILES string of the molecule is CC(N)Cc1cnc(N2CCCCCC2C)nc1. The van der Waals surface area contributed by atoms with Crippen LogP contribution in [0.1, 0.15) is 45.1 Å². The second kappa shape index (κ2) is 6.14. The van der Waals surface area contributed by atoms with Gasteiger partial charge >= 0.3 is 0 Å². The number of hydrogen-bond acceptors (Lipinski definition) is 4. The minimum atomic E-state index is 0.163. The second-order valence-corrected chi connectivity index (χ2v) is 5.46. The van der Waals surface area contributed by atoms with Gasteiger partial charge in [-0.1, -0.05) is 12.8 Å². The molecule has 0 spiro atoms. The van der Waals surface area contributed by atoms with Crippen molar-refractivity contribution >= 4 is 5.95 Å². The fraction of sp³-hybridized carbons (Fsp3) is 0.714. The van der Waals surface area contributed by atoms with E-state index in [9.17, 15) is 0 Å². The van der Waals surface area contributed by atoms with E-state index in [1.54, 1.807) is 0 Å². The summed E-state index contributed by atoms with van der Waals surface area (Å²) in [6.07, 6.45) is 9.81. The summed E-state index contributed by atoms with van der Waals surface area (Å²) in [5, 5.41) is 0. The molecule has 1 aromatic rings. The summed E-state index contributed by atoms with van der Waals surface area (Å²) in [5.41, 5.74) is 6.90. The molecule has 2 atom stereocenters. The highest BCUT2D eigenvalue weighted by Crippen LogP contribution is 2.20. The molecule has 0 amide bonds. The first-order valence-electron chi connectivity index (χ1n) is 7.00. The van der Waals surface area contributed by atoms with Crippen LogP contribution in [0.25, 0.3) is 0 Å². The van der Waals surface area contributed by atoms with Crippen molar-refractivity contribution in [2.75, 3.05) is 11.4 Å². The Labute approximate surface area is 110 Å². The molecule has 4 heteroatoms. The minimum Gasteiger partial charge on any atom is -0.338 e. The summed E-state index contributed by atoms with van der Waals surface area (Å²) in [7, 11) is 0. The zero-order chi connectivity index (χ0) is 13.0. The third kappa shape index (κ3) is 3.42. The van der Waals surface area contributed by atoms with Crippen molar-refractivity contribution in [1.29, 1.82) is 0 Å². The Bertz CT molecular complexity index is 361. The van der Waals surface area contributed by atoms with Gasteiger partial charge in [0, 0.05) is 31.0 Å². The maximum atomic E-state index is 5.78. The second-order valence-electron chi connectivity index (χ2n) is 5.46. The Hall–Kier alpha value is -1.16. The van der Waals surface area contributed by atoms with Crippen molar-refractivity contribution in [1.82, 2.24) is 9.97 Å². The van der Waals surface area contributed by atoms with Crippen LogP contribution in [-0.2, 0) is 6.42 Å². The Morgan fingerprint density at radius 2 is 2.06 bits per heavy atom. The molecule has 1 saturated heterocycles. The lowest BCUT2D eigenvalue weighted by atomic mass is 10.1. The summed E-state index contributed by atoms with van der Waals surface area (Å²) in [5.74, 6) is 0.873. The van der Waals surface area contributed by atoms with Gasteiger partial charge in [-0.2, -0.15) is 0 Å². The number of anilines is 1. The summed E-state index contributed by atoms with van der Waals surface area (Å²) >= 11 is 0. The molecule has 2 unspecified atom stereocenters. The fourth-order valence-corrected chi connectivity index (χ4v) is 2.55. The van der Waals surface area contributed by atoms with E-state index < -0.39 is 0 Å². The van der Waals surface area contributed by atoms with Crippen LogP contribution in [0.3, 0.4) is 0 Å². The first-order chi connectivity index (χ1) is 8.66. The van der Waals surface area contributed by atoms with E-state index in [2.05, 4.69) is 21.8 Å². The molecule has 0 saturated carbocycles. The van der Waals surface area contributed by atoms with Gasteiger partial charge in [-0.05, 0) is 38.7 Å². The van der Waals surface area contributed by atoms with E-state index in [0.29, 0.717) is 6.04 Å². The van der Waals surface area contributed by atoms with E-state index >= 15 is 0 Å². The molecule has 2 heterocycles. The topological polar surface area (TPSA) is 55.0 Å². The third-order valence-corrected chi connectivity index (χ3v) is 3.56. The van der Waals surface area contributed by atoms with E-state index in [1.165, 1.54) is 25.7 Å². The van der Waals surface area contributed by atoms with Crippen molar-refractivity contribution in [3.8, 4) is 0 Å². The summed E-state index contributed by atoms with van der Waals surface area (Å²) < 4.78 is 0. The normalized spacial score (nSPS) is 22.6. The smallest absolute Gasteiger partial charge is 0.225 e. The van der Waals surface area contributed by atoms with Gasteiger partial charge in [0.1, 0.15) is 0 Å². The highest BCUT2D eigenvalue weighted by atomic mass is 15.3. The lowest BCUT2D eigenvalue weighted by Gasteiger charge is -2.27. The van der Waals surface area contributed by atoms with Crippen molar-refractivity contribution in [3.63, 3.8) is 0 Å². The van der Waals surface area contributed by atoms with Crippen molar-refractivity contribution in [3.05, 3.63) is 18.0 Å². The molecule has 0 aromatic carbocycles. The number of hydrogen-bond donors (Lipinski definition) is 1. The number of rotatable bonds is 3. The van der Waals surface area contributed by atoms with Gasteiger partial charge in [0.2, 0.25) is 5.95 Å². The summed E-state index contributed by atoms with van der Waals surface area (Å²) in [6.45, 7) is 5.35. The molecule has 1 aromatic heterocycles. The highest BCUT2D eigenvalue weighted by Gasteiger charge is 2.19. The molecule has 18 heavy (non-hydrogen) atoms. The van der Waals surface area contributed by atoms with Crippen LogP contribution in [-0.4, -0.2) is 28.6 Å². The summed E-state index contributed by atoms with van der Waals surface area (Å²) in [4.78, 5) is 11.3. The van der Waals surface area contributed by atoms with Crippen LogP contribution in [0.15, 0.2) is 12.4 Å². The molecule has 2 N–H and O–H groups in total. The van der Waals surface area contributed by atoms with E-state index in [4.69, 9.17) is 5.73 Å². The Kier molecular flexibility index (Phi) is 4.53. The molecular weight excluding hydrogens is 224 g/mol. The Morgan fingerprint density at radius 1 is 1.33 bits per heavy atom.